The van der Waals surface area contributed by atoms with Gasteiger partial charge in [0.1, 0.15) is 23.4 Å². The molecule has 0 aliphatic heterocycles. The Hall–Kier alpha value is -2.91. The Bertz CT molecular complexity index is 1160. The number of thiol groups is 1. The average Bonchev–Trinajstić information content (AvgIpc) is 3.64. The van der Waals surface area contributed by atoms with Gasteiger partial charge in [-0.3, -0.25) is 9.59 Å². The summed E-state index contributed by atoms with van der Waals surface area (Å²) < 4.78 is 5.32. The van der Waals surface area contributed by atoms with E-state index in [1.807, 2.05) is 13.0 Å². The molecule has 0 heterocycles. The molecule has 0 spiro atoms. The second kappa shape index (κ2) is 11.6. The number of halogens is 1. The van der Waals surface area contributed by atoms with Gasteiger partial charge in [-0.15, -0.1) is 0 Å². The van der Waals surface area contributed by atoms with Crippen LogP contribution in [0.1, 0.15) is 56.3 Å². The number of aryl methyl sites for hydroxylation is 2. The van der Waals surface area contributed by atoms with Gasteiger partial charge in [0.2, 0.25) is 5.91 Å². The molecule has 3 N–H and O–H groups in total. The molecule has 3 amide bonds. The topological polar surface area (TPSA) is 108 Å². The second-order valence-electron chi connectivity index (χ2n) is 10.2. The molecule has 3 rings (SSSR count). The molecular formula is C27H34ClN3O5S. The highest BCUT2D eigenvalue weighted by atomic mass is 35.5. The summed E-state index contributed by atoms with van der Waals surface area (Å²) in [4.78, 5) is 41.6. The van der Waals surface area contributed by atoms with Crippen LogP contribution in [0.4, 0.5) is 10.5 Å². The van der Waals surface area contributed by atoms with Crippen LogP contribution in [0, 0.1) is 13.8 Å². The predicted octanol–water partition coefficient (Wildman–Crippen LogP) is 5.16. The number of carbonyl (C=O) groups is 3. The molecule has 0 bridgehead atoms. The van der Waals surface area contributed by atoms with Crippen LogP contribution in [0.3, 0.4) is 0 Å². The van der Waals surface area contributed by atoms with Crippen LogP contribution in [0.15, 0.2) is 36.4 Å². The van der Waals surface area contributed by atoms with Crippen molar-refractivity contribution >= 4 is 47.8 Å². The molecule has 10 heteroatoms. The van der Waals surface area contributed by atoms with E-state index in [2.05, 4.69) is 23.3 Å². The summed E-state index contributed by atoms with van der Waals surface area (Å²) in [5.74, 6) is -1.13. The van der Waals surface area contributed by atoms with E-state index in [9.17, 15) is 19.5 Å². The SMILES string of the molecule is Cc1cccc(C(C(=O)Nc2c(C)cccc2Cl)N(C(=O)C(CS)NC(=O)OC(C)(C)C)C2CC2)c1O. The maximum atomic E-state index is 13.9. The standard InChI is InChI=1S/C27H34ClN3O5S/c1-15-8-7-11-19(28)21(15)30-24(33)22(18-10-6-9-16(2)23(18)32)31(17-12-13-17)25(34)20(14-37)29-26(35)36-27(3,4)5/h6-11,17,20,22,32,37H,12-14H2,1-5H3,(H,29,35)(H,30,33). The zero-order valence-electron chi connectivity index (χ0n) is 21.7. The van der Waals surface area contributed by atoms with Crippen molar-refractivity contribution in [1.29, 1.82) is 0 Å². The Morgan fingerprint density at radius 1 is 1.14 bits per heavy atom. The third-order valence-electron chi connectivity index (χ3n) is 5.93. The molecule has 0 aromatic heterocycles. The second-order valence-corrected chi connectivity index (χ2v) is 11.0. The summed E-state index contributed by atoms with van der Waals surface area (Å²) in [6.07, 6.45) is 0.597. The maximum Gasteiger partial charge on any atom is 0.408 e. The molecule has 0 radical (unpaired) electrons. The van der Waals surface area contributed by atoms with E-state index in [1.165, 1.54) is 4.90 Å². The van der Waals surface area contributed by atoms with Crippen molar-refractivity contribution in [2.24, 2.45) is 0 Å². The van der Waals surface area contributed by atoms with Crippen molar-refractivity contribution in [3.63, 3.8) is 0 Å². The summed E-state index contributed by atoms with van der Waals surface area (Å²) in [7, 11) is 0. The molecule has 2 unspecified atom stereocenters. The third-order valence-corrected chi connectivity index (χ3v) is 6.61. The lowest BCUT2D eigenvalue weighted by Gasteiger charge is -2.35. The van der Waals surface area contributed by atoms with E-state index >= 15 is 0 Å². The van der Waals surface area contributed by atoms with Crippen LogP contribution in [-0.2, 0) is 14.3 Å². The fourth-order valence-corrected chi connectivity index (χ4v) is 4.50. The number of para-hydroxylation sites is 2. The Labute approximate surface area is 228 Å². The zero-order valence-corrected chi connectivity index (χ0v) is 23.3. The molecule has 37 heavy (non-hydrogen) atoms. The van der Waals surface area contributed by atoms with Gasteiger partial charge in [0.15, 0.2) is 0 Å². The number of carbonyl (C=O) groups excluding carboxylic acids is 3. The van der Waals surface area contributed by atoms with Crippen LogP contribution in [0.2, 0.25) is 5.02 Å². The van der Waals surface area contributed by atoms with Crippen molar-refractivity contribution in [1.82, 2.24) is 10.2 Å². The van der Waals surface area contributed by atoms with Gasteiger partial charge >= 0.3 is 6.09 Å². The van der Waals surface area contributed by atoms with Crippen LogP contribution in [0.5, 0.6) is 5.75 Å². The van der Waals surface area contributed by atoms with Gasteiger partial charge in [0.25, 0.3) is 5.91 Å². The number of aromatic hydroxyl groups is 1. The lowest BCUT2D eigenvalue weighted by molar-refractivity contribution is -0.141. The molecular weight excluding hydrogens is 514 g/mol. The van der Waals surface area contributed by atoms with E-state index in [4.69, 9.17) is 16.3 Å². The molecule has 8 nitrogen and oxygen atoms in total. The van der Waals surface area contributed by atoms with Crippen LogP contribution in [-0.4, -0.2) is 51.4 Å². The van der Waals surface area contributed by atoms with Crippen molar-refractivity contribution < 1.29 is 24.2 Å². The zero-order chi connectivity index (χ0) is 27.5. The molecule has 1 fully saturated rings. The highest BCUT2D eigenvalue weighted by molar-refractivity contribution is 7.80. The summed E-state index contributed by atoms with van der Waals surface area (Å²) >= 11 is 10.7. The Balaban J connectivity index is 2.03. The Morgan fingerprint density at radius 2 is 1.76 bits per heavy atom. The van der Waals surface area contributed by atoms with Gasteiger partial charge in [0, 0.05) is 17.4 Å². The van der Waals surface area contributed by atoms with E-state index in [0.29, 0.717) is 29.1 Å². The lowest BCUT2D eigenvalue weighted by atomic mass is 9.99. The van der Waals surface area contributed by atoms with E-state index in [1.54, 1.807) is 58.0 Å². The van der Waals surface area contributed by atoms with Crippen molar-refractivity contribution in [2.45, 2.75) is 71.2 Å². The first-order valence-electron chi connectivity index (χ1n) is 12.1. The number of nitrogens with zero attached hydrogens (tertiary/aromatic N) is 1. The minimum Gasteiger partial charge on any atom is -0.507 e. The minimum absolute atomic E-state index is 0.0148. The number of phenolic OH excluding ortho intramolecular Hbond substituents is 1. The normalized spacial score (nSPS) is 14.9. The summed E-state index contributed by atoms with van der Waals surface area (Å²) in [5, 5.41) is 16.7. The van der Waals surface area contributed by atoms with E-state index in [0.717, 1.165) is 5.56 Å². The first-order chi connectivity index (χ1) is 17.3. The predicted molar refractivity (Wildman–Crippen MR) is 147 cm³/mol. The van der Waals surface area contributed by atoms with Crippen molar-refractivity contribution in [3.8, 4) is 5.75 Å². The maximum absolute atomic E-state index is 13.9. The van der Waals surface area contributed by atoms with E-state index in [-0.39, 0.29) is 23.1 Å². The number of amides is 3. The van der Waals surface area contributed by atoms with Crippen molar-refractivity contribution in [2.75, 3.05) is 11.1 Å². The van der Waals surface area contributed by atoms with Gasteiger partial charge in [-0.1, -0.05) is 41.9 Å². The molecule has 2 atom stereocenters. The summed E-state index contributed by atoms with van der Waals surface area (Å²) in [6, 6.07) is 7.81. The highest BCUT2D eigenvalue weighted by Crippen LogP contribution is 2.40. The van der Waals surface area contributed by atoms with Gasteiger partial charge in [0.05, 0.1) is 10.7 Å². The number of rotatable bonds is 8. The van der Waals surface area contributed by atoms with Gasteiger partial charge in [-0.2, -0.15) is 12.6 Å². The number of ether oxygens (including phenoxy) is 1. The number of hydrogen-bond acceptors (Lipinski definition) is 6. The number of anilines is 1. The average molecular weight is 548 g/mol. The molecule has 1 aliphatic rings. The number of alkyl carbamates (subject to hydrolysis) is 1. The molecule has 2 aromatic carbocycles. The van der Waals surface area contributed by atoms with Crippen LogP contribution in [0.25, 0.3) is 0 Å². The lowest BCUT2D eigenvalue weighted by Crippen LogP contribution is -2.54. The number of phenols is 1. The fourth-order valence-electron chi connectivity index (χ4n) is 3.99. The van der Waals surface area contributed by atoms with E-state index < -0.39 is 35.6 Å². The molecule has 200 valence electrons. The monoisotopic (exact) mass is 547 g/mol. The summed E-state index contributed by atoms with van der Waals surface area (Å²) in [6.45, 7) is 8.69. The number of benzene rings is 2. The quantitative estimate of drug-likeness (QED) is 0.342. The smallest absolute Gasteiger partial charge is 0.408 e. The van der Waals surface area contributed by atoms with Crippen LogP contribution < -0.4 is 10.6 Å². The first-order valence-corrected chi connectivity index (χ1v) is 13.1. The van der Waals surface area contributed by atoms with Crippen molar-refractivity contribution in [3.05, 3.63) is 58.1 Å². The minimum atomic E-state index is -1.18. The van der Waals surface area contributed by atoms with Gasteiger partial charge in [-0.25, -0.2) is 4.79 Å². The van der Waals surface area contributed by atoms with Gasteiger partial charge in [-0.05, 0) is 64.7 Å². The van der Waals surface area contributed by atoms with Crippen LogP contribution >= 0.6 is 24.2 Å². The largest absolute Gasteiger partial charge is 0.507 e. The molecule has 0 saturated heterocycles. The van der Waals surface area contributed by atoms with Gasteiger partial charge < -0.3 is 25.4 Å². The molecule has 2 aromatic rings. The Kier molecular flexibility index (Phi) is 9.02. The molecule has 1 aliphatic carbocycles. The highest BCUT2D eigenvalue weighted by Gasteiger charge is 2.45. The number of hydrogen-bond donors (Lipinski definition) is 4. The third kappa shape index (κ3) is 7.11. The molecule has 1 saturated carbocycles. The summed E-state index contributed by atoms with van der Waals surface area (Å²) in [5.41, 5.74) is 1.25. The Morgan fingerprint density at radius 3 is 2.32 bits per heavy atom. The first kappa shape index (κ1) is 28.7. The fraction of sp³-hybridized carbons (Fsp3) is 0.444. The number of nitrogens with one attached hydrogen (secondary N) is 2.